The summed E-state index contributed by atoms with van der Waals surface area (Å²) in [5.74, 6) is 1.31. The number of hydrogen-bond donors (Lipinski definition) is 0. The van der Waals surface area contributed by atoms with E-state index in [1.165, 1.54) is 91.8 Å². The van der Waals surface area contributed by atoms with E-state index >= 15 is 0 Å². The highest BCUT2D eigenvalue weighted by molar-refractivity contribution is 8.00. The highest BCUT2D eigenvalue weighted by atomic mass is 32.2. The molecule has 8 aromatic carbocycles. The van der Waals surface area contributed by atoms with Crippen LogP contribution in [0.1, 0.15) is 76.0 Å². The number of para-hydroxylation sites is 2. The lowest BCUT2D eigenvalue weighted by Crippen LogP contribution is -2.77. The van der Waals surface area contributed by atoms with Crippen molar-refractivity contribution in [3.63, 3.8) is 0 Å². The highest BCUT2D eigenvalue weighted by Gasteiger charge is 2.48. The van der Waals surface area contributed by atoms with Crippen LogP contribution < -0.4 is 42.0 Å². The largest absolute Gasteiger partial charge is 0.311 e. The Labute approximate surface area is 368 Å². The molecule has 0 amide bonds. The number of fused-ring (bicyclic) bond motifs is 4. The average Bonchev–Trinajstić information content (AvgIpc) is 3.30. The molecule has 61 heavy (non-hydrogen) atoms. The Balaban J connectivity index is 1.12. The molecule has 2 heterocycles. The van der Waals surface area contributed by atoms with Gasteiger partial charge in [-0.2, -0.15) is 0 Å². The van der Waals surface area contributed by atoms with Crippen LogP contribution in [0.2, 0.25) is 0 Å². The maximum Gasteiger partial charge on any atom is 0.244 e. The molecule has 0 saturated heterocycles. The van der Waals surface area contributed by atoms with Crippen LogP contribution in [0, 0.1) is 0 Å². The van der Waals surface area contributed by atoms with E-state index in [1.807, 2.05) is 11.8 Å². The Morgan fingerprint density at radius 2 is 0.967 bits per heavy atom. The topological polar surface area (TPSA) is 3.24 Å². The van der Waals surface area contributed by atoms with Gasteiger partial charge in [-0.3, -0.25) is 0 Å². The molecule has 0 radical (unpaired) electrons. The second-order valence-electron chi connectivity index (χ2n) is 17.8. The first-order chi connectivity index (χ1) is 29.8. The molecule has 0 fully saturated rings. The first kappa shape index (κ1) is 39.3. The summed E-state index contributed by atoms with van der Waals surface area (Å²) in [7, 11) is -2.68. The minimum Gasteiger partial charge on any atom is -0.311 e. The Morgan fingerprint density at radius 3 is 1.56 bits per heavy atom. The first-order valence-electron chi connectivity index (χ1n) is 22.0. The van der Waals surface area contributed by atoms with Crippen LogP contribution in [0.4, 0.5) is 17.1 Å². The van der Waals surface area contributed by atoms with Gasteiger partial charge in [0, 0.05) is 26.9 Å². The van der Waals surface area contributed by atoms with Gasteiger partial charge in [-0.1, -0.05) is 221 Å². The molecule has 0 bridgehead atoms. The summed E-state index contributed by atoms with van der Waals surface area (Å²) in [5, 5.41) is 5.62. The SMILES string of the molecule is CC(C)c1cc(C(C)C)c(B2c3ccccc3Sc3cc(-c4cccc(N5c6ccccc6[Si](c6ccccc6)(c6ccccc6)c6ccccc65)c4)ccc32)c(C(C)C)c1. The third kappa shape index (κ3) is 6.54. The minimum atomic E-state index is -2.68. The number of benzene rings is 8. The number of hydrogen-bond acceptors (Lipinski definition) is 2. The van der Waals surface area contributed by atoms with Gasteiger partial charge in [-0.25, -0.2) is 0 Å². The highest BCUT2D eigenvalue weighted by Crippen LogP contribution is 2.41. The zero-order valence-corrected chi connectivity index (χ0v) is 37.9. The van der Waals surface area contributed by atoms with E-state index in [0.29, 0.717) is 17.8 Å². The van der Waals surface area contributed by atoms with Gasteiger partial charge in [0.15, 0.2) is 8.07 Å². The van der Waals surface area contributed by atoms with Gasteiger partial charge in [0.05, 0.1) is 0 Å². The summed E-state index contributed by atoms with van der Waals surface area (Å²) >= 11 is 1.93. The van der Waals surface area contributed by atoms with Crippen LogP contribution >= 0.6 is 11.8 Å². The zero-order chi connectivity index (χ0) is 41.8. The molecule has 2 aliphatic heterocycles. The smallest absolute Gasteiger partial charge is 0.244 e. The second kappa shape index (κ2) is 15.9. The Kier molecular flexibility index (Phi) is 10.3. The summed E-state index contributed by atoms with van der Waals surface area (Å²) in [6.45, 7) is 14.3. The lowest BCUT2D eigenvalue weighted by Gasteiger charge is -2.45. The molecule has 4 heteroatoms. The third-order valence-electron chi connectivity index (χ3n) is 13.2. The van der Waals surface area contributed by atoms with E-state index in [0.717, 1.165) is 0 Å². The fraction of sp³-hybridized carbons (Fsp3) is 0.158. The van der Waals surface area contributed by atoms with E-state index in [1.54, 1.807) is 0 Å². The van der Waals surface area contributed by atoms with Gasteiger partial charge in [0.25, 0.3) is 0 Å². The van der Waals surface area contributed by atoms with Gasteiger partial charge < -0.3 is 4.90 Å². The van der Waals surface area contributed by atoms with Gasteiger partial charge in [-0.15, -0.1) is 0 Å². The molecule has 0 unspecified atom stereocenters. The number of anilines is 3. The predicted molar refractivity (Wildman–Crippen MR) is 268 cm³/mol. The molecule has 0 aromatic heterocycles. The van der Waals surface area contributed by atoms with Crippen LogP contribution in [0.25, 0.3) is 11.1 Å². The molecular formula is C57H52BNSSi. The summed E-state index contributed by atoms with van der Waals surface area (Å²) in [6.07, 6.45) is 0. The summed E-state index contributed by atoms with van der Waals surface area (Å²) in [6, 6.07) is 71.6. The Morgan fingerprint density at radius 1 is 0.443 bits per heavy atom. The molecule has 10 rings (SSSR count). The van der Waals surface area contributed by atoms with E-state index in [2.05, 4.69) is 234 Å². The zero-order valence-electron chi connectivity index (χ0n) is 36.1. The van der Waals surface area contributed by atoms with Crippen molar-refractivity contribution in [3.8, 4) is 11.1 Å². The molecule has 1 nitrogen and oxygen atoms in total. The summed E-state index contributed by atoms with van der Waals surface area (Å²) in [5.41, 5.74) is 14.9. The summed E-state index contributed by atoms with van der Waals surface area (Å²) in [4.78, 5) is 5.22. The number of rotatable bonds is 8. The molecule has 0 aliphatic carbocycles. The molecule has 0 atom stereocenters. The molecule has 0 spiro atoms. The van der Waals surface area contributed by atoms with Crippen LogP contribution in [0.5, 0.6) is 0 Å². The second-order valence-corrected chi connectivity index (χ2v) is 22.6. The van der Waals surface area contributed by atoms with Crippen molar-refractivity contribution in [2.24, 2.45) is 0 Å². The van der Waals surface area contributed by atoms with Gasteiger partial charge in [0.1, 0.15) is 0 Å². The van der Waals surface area contributed by atoms with Crippen molar-refractivity contribution < 1.29 is 0 Å². The fourth-order valence-electron chi connectivity index (χ4n) is 10.3. The van der Waals surface area contributed by atoms with Crippen LogP contribution in [-0.4, -0.2) is 14.8 Å². The summed E-state index contributed by atoms with van der Waals surface area (Å²) < 4.78 is 0. The fourth-order valence-corrected chi connectivity index (χ4v) is 16.6. The van der Waals surface area contributed by atoms with Crippen molar-refractivity contribution in [1.82, 2.24) is 0 Å². The molecule has 8 aromatic rings. The van der Waals surface area contributed by atoms with E-state index in [-0.39, 0.29) is 6.71 Å². The van der Waals surface area contributed by atoms with Crippen LogP contribution in [0.3, 0.4) is 0 Å². The van der Waals surface area contributed by atoms with E-state index in [4.69, 9.17) is 0 Å². The van der Waals surface area contributed by atoms with Gasteiger partial charge >= 0.3 is 0 Å². The average molecular weight is 822 g/mol. The van der Waals surface area contributed by atoms with Crippen LogP contribution in [-0.2, 0) is 0 Å². The lowest BCUT2D eigenvalue weighted by atomic mass is 9.34. The first-order valence-corrected chi connectivity index (χ1v) is 24.9. The Hall–Kier alpha value is -5.81. The monoisotopic (exact) mass is 821 g/mol. The predicted octanol–water partition coefficient (Wildman–Crippen LogP) is 10.9. The molecule has 2 aliphatic rings. The van der Waals surface area contributed by atoms with Crippen molar-refractivity contribution in [2.45, 2.75) is 69.1 Å². The molecular weight excluding hydrogens is 770 g/mol. The Bertz CT molecular complexity index is 2780. The molecule has 0 N–H and O–H groups in total. The van der Waals surface area contributed by atoms with Crippen molar-refractivity contribution in [3.05, 3.63) is 205 Å². The number of nitrogens with zero attached hydrogens (tertiary/aromatic N) is 1. The standard InChI is InChI=1S/C57H52BNSSi/c1-38(2)43-35-47(39(3)4)57(48(36-43)40(5)6)58-49-26-13-16-29-53(49)60-54-37-42(32-33-50(54)58)41-20-19-21-44(34-41)59-51-27-14-17-30-55(51)61(45-22-9-7-10-23-45,46-24-11-8-12-25-46)56-31-18-15-28-52(56)59/h7-40H,1-6H3. The normalized spacial score (nSPS) is 13.9. The van der Waals surface area contributed by atoms with Crippen LogP contribution in [0.15, 0.2) is 198 Å². The van der Waals surface area contributed by atoms with Crippen molar-refractivity contribution in [1.29, 1.82) is 0 Å². The molecule has 298 valence electrons. The van der Waals surface area contributed by atoms with E-state index in [9.17, 15) is 0 Å². The third-order valence-corrected chi connectivity index (χ3v) is 19.2. The minimum absolute atomic E-state index is 0.170. The van der Waals surface area contributed by atoms with Crippen molar-refractivity contribution >= 4 is 80.7 Å². The quantitative estimate of drug-likeness (QED) is 0.141. The maximum absolute atomic E-state index is 2.68. The van der Waals surface area contributed by atoms with E-state index < -0.39 is 8.07 Å². The maximum atomic E-state index is 2.52. The lowest BCUT2D eigenvalue weighted by molar-refractivity contribution is 0.812. The molecule has 0 saturated carbocycles. The van der Waals surface area contributed by atoms with Gasteiger partial charge in [-0.05, 0) is 103 Å². The van der Waals surface area contributed by atoms with Crippen molar-refractivity contribution in [2.75, 3.05) is 4.90 Å². The van der Waals surface area contributed by atoms with Gasteiger partial charge in [0.2, 0.25) is 6.71 Å².